The second-order valence-corrected chi connectivity index (χ2v) is 10.3. The van der Waals surface area contributed by atoms with Crippen LogP contribution in [-0.2, 0) is 22.5 Å². The zero-order valence-corrected chi connectivity index (χ0v) is 23.0. The highest BCUT2D eigenvalue weighted by Crippen LogP contribution is 2.34. The van der Waals surface area contributed by atoms with Crippen LogP contribution in [0.15, 0.2) is 66.7 Å². The third-order valence-corrected chi connectivity index (χ3v) is 7.54. The molecule has 3 aromatic rings. The van der Waals surface area contributed by atoms with Gasteiger partial charge in [0, 0.05) is 39.3 Å². The summed E-state index contributed by atoms with van der Waals surface area (Å²) in [4.78, 5) is 2.36. The molecular formula is C32H40N2O5. The van der Waals surface area contributed by atoms with Crippen LogP contribution in [0.5, 0.6) is 17.2 Å². The Morgan fingerprint density at radius 1 is 1.00 bits per heavy atom. The zero-order chi connectivity index (χ0) is 27.0. The molecule has 39 heavy (non-hydrogen) atoms. The van der Waals surface area contributed by atoms with Crippen molar-refractivity contribution in [3.63, 3.8) is 0 Å². The van der Waals surface area contributed by atoms with E-state index in [1.165, 1.54) is 5.56 Å². The van der Waals surface area contributed by atoms with Crippen molar-refractivity contribution in [2.75, 3.05) is 51.4 Å². The fraction of sp³-hybridized carbons (Fsp3) is 0.438. The highest BCUT2D eigenvalue weighted by molar-refractivity contribution is 5.61. The summed E-state index contributed by atoms with van der Waals surface area (Å²) in [6.07, 6.45) is 1.24. The number of rotatable bonds is 11. The van der Waals surface area contributed by atoms with Crippen LogP contribution in [0.25, 0.3) is 0 Å². The fourth-order valence-electron chi connectivity index (χ4n) is 5.44. The van der Waals surface area contributed by atoms with Gasteiger partial charge in [-0.1, -0.05) is 37.3 Å². The highest BCUT2D eigenvalue weighted by atomic mass is 16.5. The normalized spacial score (nSPS) is 20.8. The van der Waals surface area contributed by atoms with Crippen molar-refractivity contribution in [3.05, 3.63) is 83.4 Å². The van der Waals surface area contributed by atoms with Gasteiger partial charge in [-0.15, -0.1) is 0 Å². The van der Waals surface area contributed by atoms with Crippen LogP contribution in [0.4, 0.5) is 5.69 Å². The average Bonchev–Trinajstić information content (AvgIpc) is 2.97. The number of nitrogens with one attached hydrogen (secondary N) is 1. The third kappa shape index (κ3) is 6.92. The van der Waals surface area contributed by atoms with E-state index in [0.29, 0.717) is 26.3 Å². The molecule has 7 nitrogen and oxygen atoms in total. The van der Waals surface area contributed by atoms with E-state index < -0.39 is 6.10 Å². The number of aliphatic hydroxyl groups is 1. The van der Waals surface area contributed by atoms with Crippen LogP contribution in [-0.4, -0.2) is 63.8 Å². The lowest BCUT2D eigenvalue weighted by molar-refractivity contribution is -0.0328. The van der Waals surface area contributed by atoms with Gasteiger partial charge in [-0.05, 0) is 65.9 Å². The van der Waals surface area contributed by atoms with Crippen LogP contribution in [0.1, 0.15) is 36.0 Å². The Morgan fingerprint density at radius 3 is 2.69 bits per heavy atom. The molecule has 2 heterocycles. The van der Waals surface area contributed by atoms with Gasteiger partial charge in [-0.2, -0.15) is 0 Å². The van der Waals surface area contributed by atoms with Gasteiger partial charge in [-0.25, -0.2) is 0 Å². The summed E-state index contributed by atoms with van der Waals surface area (Å²) < 4.78 is 23.7. The number of hydrogen-bond acceptors (Lipinski definition) is 7. The molecule has 7 heteroatoms. The molecule has 1 unspecified atom stereocenters. The Balaban J connectivity index is 1.25. The molecule has 1 saturated heterocycles. The van der Waals surface area contributed by atoms with Crippen molar-refractivity contribution in [2.24, 2.45) is 0 Å². The van der Waals surface area contributed by atoms with Crippen LogP contribution in [0, 0.1) is 0 Å². The van der Waals surface area contributed by atoms with E-state index in [2.05, 4.69) is 41.4 Å². The molecule has 2 aliphatic heterocycles. The van der Waals surface area contributed by atoms with Gasteiger partial charge >= 0.3 is 0 Å². The first-order valence-electron chi connectivity index (χ1n) is 14.0. The quantitative estimate of drug-likeness (QED) is 0.340. The molecule has 0 saturated carbocycles. The third-order valence-electron chi connectivity index (χ3n) is 7.54. The number of fused-ring (bicyclic) bond motifs is 1. The molecular weight excluding hydrogens is 492 g/mol. The molecule has 5 rings (SSSR count). The number of methoxy groups -OCH3 is 1. The molecule has 208 valence electrons. The van der Waals surface area contributed by atoms with Gasteiger partial charge < -0.3 is 34.3 Å². The molecule has 1 fully saturated rings. The first kappa shape index (κ1) is 27.5. The van der Waals surface area contributed by atoms with E-state index in [1.54, 1.807) is 7.11 Å². The van der Waals surface area contributed by atoms with E-state index in [0.717, 1.165) is 66.6 Å². The zero-order valence-electron chi connectivity index (χ0n) is 23.0. The van der Waals surface area contributed by atoms with Crippen molar-refractivity contribution >= 4 is 5.69 Å². The number of hydrogen-bond donors (Lipinski definition) is 2. The maximum absolute atomic E-state index is 10.9. The lowest BCUT2D eigenvalue weighted by Crippen LogP contribution is -2.49. The van der Waals surface area contributed by atoms with Crippen molar-refractivity contribution in [3.8, 4) is 17.2 Å². The predicted molar refractivity (Wildman–Crippen MR) is 153 cm³/mol. The first-order chi connectivity index (χ1) is 19.1. The van der Waals surface area contributed by atoms with Crippen molar-refractivity contribution in [1.29, 1.82) is 0 Å². The van der Waals surface area contributed by atoms with E-state index in [1.807, 2.05) is 42.5 Å². The van der Waals surface area contributed by atoms with Gasteiger partial charge in [0.15, 0.2) is 0 Å². The molecule has 2 aliphatic rings. The number of β-amino-alcohol motifs (C(OH)–C–C–N with tert-alkyl or cyclic N) is 1. The number of anilines is 1. The number of ether oxygens (including phenoxy) is 4. The Labute approximate surface area is 231 Å². The van der Waals surface area contributed by atoms with Crippen molar-refractivity contribution in [1.82, 2.24) is 5.32 Å². The van der Waals surface area contributed by atoms with E-state index >= 15 is 0 Å². The minimum absolute atomic E-state index is 0.129. The van der Waals surface area contributed by atoms with Crippen LogP contribution < -0.4 is 19.7 Å². The second kappa shape index (κ2) is 13.3. The summed E-state index contributed by atoms with van der Waals surface area (Å²) in [5.41, 5.74) is 4.49. The molecule has 3 atom stereocenters. The van der Waals surface area contributed by atoms with Crippen molar-refractivity contribution in [2.45, 2.75) is 44.5 Å². The molecule has 0 spiro atoms. The average molecular weight is 533 g/mol. The SMILES string of the molecule is CCc1cccc(Oc2ccc(C3[C@H](O)CNC[C@@H]3OCc3ccc4c(c3)N(CCCOC)CCO4)cc2)c1. The smallest absolute Gasteiger partial charge is 0.142 e. The molecule has 0 aliphatic carbocycles. The van der Waals surface area contributed by atoms with E-state index in [9.17, 15) is 5.11 Å². The second-order valence-electron chi connectivity index (χ2n) is 10.3. The molecule has 0 radical (unpaired) electrons. The Hall–Kier alpha value is -3.10. The molecule has 0 bridgehead atoms. The Bertz CT molecular complexity index is 1200. The summed E-state index contributed by atoms with van der Waals surface area (Å²) in [6, 6.07) is 22.5. The highest BCUT2D eigenvalue weighted by Gasteiger charge is 2.34. The lowest BCUT2D eigenvalue weighted by Gasteiger charge is -2.36. The summed E-state index contributed by atoms with van der Waals surface area (Å²) in [5, 5.41) is 14.3. The maximum atomic E-state index is 10.9. The van der Waals surface area contributed by atoms with Crippen LogP contribution >= 0.6 is 0 Å². The lowest BCUT2D eigenvalue weighted by atomic mass is 9.85. The summed E-state index contributed by atoms with van der Waals surface area (Å²) in [7, 11) is 1.74. The minimum atomic E-state index is -0.537. The van der Waals surface area contributed by atoms with Gasteiger partial charge in [0.25, 0.3) is 0 Å². The molecule has 3 aromatic carbocycles. The molecule has 0 aromatic heterocycles. The predicted octanol–water partition coefficient (Wildman–Crippen LogP) is 4.91. The minimum Gasteiger partial charge on any atom is -0.490 e. The van der Waals surface area contributed by atoms with Gasteiger partial charge in [0.2, 0.25) is 0 Å². The number of aliphatic hydroxyl groups excluding tert-OH is 1. The standard InChI is InChI=1S/C32H40N2O5/c1-3-23-6-4-7-27(18-23)39-26-11-9-25(10-12-26)32-29(35)20-33-21-31(32)38-22-24-8-13-30-28(19-24)34(15-17-37-30)14-5-16-36-2/h4,6-13,18-19,29,31-33,35H,3,5,14-17,20-22H2,1-2H3/t29-,31+,32?/m1/s1. The summed E-state index contributed by atoms with van der Waals surface area (Å²) >= 11 is 0. The Morgan fingerprint density at radius 2 is 1.87 bits per heavy atom. The number of nitrogens with zero attached hydrogens (tertiary/aromatic N) is 1. The van der Waals surface area contributed by atoms with Gasteiger partial charge in [-0.3, -0.25) is 0 Å². The number of piperidine rings is 1. The molecule has 2 N–H and O–H groups in total. The first-order valence-corrected chi connectivity index (χ1v) is 14.0. The van der Waals surface area contributed by atoms with Crippen molar-refractivity contribution < 1.29 is 24.1 Å². The summed E-state index contributed by atoms with van der Waals surface area (Å²) in [6.45, 7) is 7.05. The van der Waals surface area contributed by atoms with Crippen LogP contribution in [0.2, 0.25) is 0 Å². The fourth-order valence-corrected chi connectivity index (χ4v) is 5.44. The van der Waals surface area contributed by atoms with Gasteiger partial charge in [0.05, 0.1) is 31.0 Å². The topological polar surface area (TPSA) is 72.4 Å². The van der Waals surface area contributed by atoms with E-state index in [-0.39, 0.29) is 12.0 Å². The van der Waals surface area contributed by atoms with E-state index in [4.69, 9.17) is 18.9 Å². The Kier molecular flexibility index (Phi) is 9.37. The monoisotopic (exact) mass is 532 g/mol. The number of aryl methyl sites for hydroxylation is 1. The maximum Gasteiger partial charge on any atom is 0.142 e. The van der Waals surface area contributed by atoms with Crippen LogP contribution in [0.3, 0.4) is 0 Å². The largest absolute Gasteiger partial charge is 0.490 e. The molecule has 0 amide bonds. The van der Waals surface area contributed by atoms with Gasteiger partial charge in [0.1, 0.15) is 23.9 Å². The summed E-state index contributed by atoms with van der Waals surface area (Å²) in [5.74, 6) is 2.39. The number of benzene rings is 3.